The monoisotopic (exact) mass is 495 g/mol. The molecule has 6 nitrogen and oxygen atoms in total. The maximum absolute atomic E-state index is 12.1. The van der Waals surface area contributed by atoms with E-state index >= 15 is 0 Å². The first kappa shape index (κ1) is 20.0. The molecule has 0 radical (unpaired) electrons. The van der Waals surface area contributed by atoms with E-state index in [9.17, 15) is 4.79 Å². The number of rotatable bonds is 4. The van der Waals surface area contributed by atoms with Crippen molar-refractivity contribution in [2.75, 3.05) is 36.0 Å². The molecule has 0 spiro atoms. The Bertz CT molecular complexity index is 1250. The van der Waals surface area contributed by atoms with Crippen LogP contribution in [-0.4, -0.2) is 47.1 Å². The molecule has 0 bridgehead atoms. The Hall–Kier alpha value is -2.90. The number of hydrogen-bond acceptors (Lipinski definition) is 5. The summed E-state index contributed by atoms with van der Waals surface area (Å²) in [5.74, 6) is 0.784. The quantitative estimate of drug-likeness (QED) is 0.374. The van der Waals surface area contributed by atoms with Gasteiger partial charge in [-0.15, -0.1) is 0 Å². The number of fused-ring (bicyclic) bond motifs is 1. The number of nitrogens with zero attached hydrogens (tertiary/aromatic N) is 5. The molecule has 5 rings (SSSR count). The number of piperazine rings is 1. The standard InChI is InChI=1S/C23H19BrClN5O/c24-17-6-4-16(5-7-17)21-20(15-31)22-23(26-8-9-30(22)27-21)29-12-10-28(11-13-29)19-3-1-2-18(25)14-19/h1-9,14-15H,10-13H2. The van der Waals surface area contributed by atoms with Crippen molar-refractivity contribution in [2.45, 2.75) is 0 Å². The number of carbonyl (C=O) groups excluding carboxylic acids is 1. The van der Waals surface area contributed by atoms with Gasteiger partial charge in [0.2, 0.25) is 0 Å². The van der Waals surface area contributed by atoms with Gasteiger partial charge in [-0.3, -0.25) is 4.79 Å². The van der Waals surface area contributed by atoms with Gasteiger partial charge in [0.25, 0.3) is 0 Å². The van der Waals surface area contributed by atoms with E-state index in [0.717, 1.165) is 64.5 Å². The summed E-state index contributed by atoms with van der Waals surface area (Å²) in [4.78, 5) is 21.3. The van der Waals surface area contributed by atoms with Crippen molar-refractivity contribution in [1.29, 1.82) is 0 Å². The first-order valence-corrected chi connectivity index (χ1v) is 11.1. The van der Waals surface area contributed by atoms with Crippen LogP contribution in [-0.2, 0) is 0 Å². The highest BCUT2D eigenvalue weighted by molar-refractivity contribution is 9.10. The Kier molecular flexibility index (Phi) is 5.38. The molecular formula is C23H19BrClN5O. The third-order valence-electron chi connectivity index (χ3n) is 5.55. The molecule has 0 N–H and O–H groups in total. The number of benzene rings is 2. The molecule has 2 aromatic carbocycles. The lowest BCUT2D eigenvalue weighted by atomic mass is 10.1. The minimum Gasteiger partial charge on any atom is -0.368 e. The predicted molar refractivity (Wildman–Crippen MR) is 127 cm³/mol. The predicted octanol–water partition coefficient (Wildman–Crippen LogP) is 4.95. The van der Waals surface area contributed by atoms with Crippen LogP contribution in [0.25, 0.3) is 16.8 Å². The van der Waals surface area contributed by atoms with Crippen LogP contribution in [0.15, 0.2) is 65.4 Å². The lowest BCUT2D eigenvalue weighted by Crippen LogP contribution is -2.47. The summed E-state index contributed by atoms with van der Waals surface area (Å²) in [5.41, 5.74) is 3.98. The number of halogens is 2. The number of carbonyl (C=O) groups is 1. The molecule has 4 aromatic rings. The zero-order valence-corrected chi connectivity index (χ0v) is 18.9. The van der Waals surface area contributed by atoms with Gasteiger partial charge in [-0.1, -0.05) is 45.7 Å². The van der Waals surface area contributed by atoms with E-state index in [0.29, 0.717) is 11.3 Å². The third-order valence-corrected chi connectivity index (χ3v) is 6.32. The van der Waals surface area contributed by atoms with Gasteiger partial charge >= 0.3 is 0 Å². The van der Waals surface area contributed by atoms with E-state index < -0.39 is 0 Å². The van der Waals surface area contributed by atoms with Crippen LogP contribution in [0.1, 0.15) is 10.4 Å². The Morgan fingerprint density at radius 1 is 1.00 bits per heavy atom. The van der Waals surface area contributed by atoms with Crippen LogP contribution in [0.4, 0.5) is 11.5 Å². The van der Waals surface area contributed by atoms with E-state index in [1.54, 1.807) is 16.9 Å². The van der Waals surface area contributed by atoms with Gasteiger partial charge in [0.1, 0.15) is 11.2 Å². The van der Waals surface area contributed by atoms with Crippen molar-refractivity contribution in [3.63, 3.8) is 0 Å². The second-order valence-electron chi connectivity index (χ2n) is 7.39. The van der Waals surface area contributed by atoms with Crippen molar-refractivity contribution in [1.82, 2.24) is 14.6 Å². The van der Waals surface area contributed by atoms with E-state index in [1.807, 2.05) is 42.5 Å². The highest BCUT2D eigenvalue weighted by Gasteiger charge is 2.24. The molecule has 1 fully saturated rings. The normalized spacial score (nSPS) is 14.3. The highest BCUT2D eigenvalue weighted by atomic mass is 79.9. The summed E-state index contributed by atoms with van der Waals surface area (Å²) < 4.78 is 2.74. The number of anilines is 2. The minimum absolute atomic E-state index is 0.558. The van der Waals surface area contributed by atoms with Crippen molar-refractivity contribution < 1.29 is 4.79 Å². The van der Waals surface area contributed by atoms with Crippen molar-refractivity contribution in [2.24, 2.45) is 0 Å². The third kappa shape index (κ3) is 3.79. The van der Waals surface area contributed by atoms with Gasteiger partial charge < -0.3 is 9.80 Å². The minimum atomic E-state index is 0.558. The summed E-state index contributed by atoms with van der Waals surface area (Å²) in [6.45, 7) is 3.26. The van der Waals surface area contributed by atoms with E-state index in [1.165, 1.54) is 0 Å². The second-order valence-corrected chi connectivity index (χ2v) is 8.74. The van der Waals surface area contributed by atoms with Crippen LogP contribution in [0, 0.1) is 0 Å². The molecule has 1 saturated heterocycles. The molecule has 8 heteroatoms. The second kappa shape index (κ2) is 8.32. The topological polar surface area (TPSA) is 53.7 Å². The smallest absolute Gasteiger partial charge is 0.155 e. The van der Waals surface area contributed by atoms with Gasteiger partial charge in [-0.25, -0.2) is 9.50 Å². The fourth-order valence-electron chi connectivity index (χ4n) is 4.02. The van der Waals surface area contributed by atoms with Gasteiger partial charge in [0.15, 0.2) is 12.1 Å². The van der Waals surface area contributed by atoms with Crippen LogP contribution in [0.3, 0.4) is 0 Å². The zero-order chi connectivity index (χ0) is 21.4. The Morgan fingerprint density at radius 2 is 1.74 bits per heavy atom. The Labute approximate surface area is 193 Å². The summed E-state index contributed by atoms with van der Waals surface area (Å²) in [5, 5.41) is 5.43. The molecule has 0 unspecified atom stereocenters. The SMILES string of the molecule is O=Cc1c(-c2ccc(Br)cc2)nn2ccnc(N3CCN(c4cccc(Cl)c4)CC3)c12. The summed E-state index contributed by atoms with van der Waals surface area (Å²) >= 11 is 9.61. The Morgan fingerprint density at radius 3 is 2.45 bits per heavy atom. The molecule has 1 aliphatic heterocycles. The van der Waals surface area contributed by atoms with Crippen LogP contribution < -0.4 is 9.80 Å². The van der Waals surface area contributed by atoms with Crippen molar-refractivity contribution in [3.05, 3.63) is 76.0 Å². The van der Waals surface area contributed by atoms with E-state index in [-0.39, 0.29) is 0 Å². The van der Waals surface area contributed by atoms with Crippen molar-refractivity contribution >= 4 is 50.8 Å². The molecule has 2 aromatic heterocycles. The average molecular weight is 497 g/mol. The number of aldehydes is 1. The fraction of sp³-hybridized carbons (Fsp3) is 0.174. The fourth-order valence-corrected chi connectivity index (χ4v) is 4.47. The van der Waals surface area contributed by atoms with Crippen LogP contribution in [0.2, 0.25) is 5.02 Å². The highest BCUT2D eigenvalue weighted by Crippen LogP contribution is 2.31. The van der Waals surface area contributed by atoms with E-state index in [2.05, 4.69) is 41.9 Å². The molecule has 0 atom stereocenters. The molecule has 156 valence electrons. The number of aromatic nitrogens is 3. The lowest BCUT2D eigenvalue weighted by Gasteiger charge is -2.37. The number of hydrogen-bond donors (Lipinski definition) is 0. The largest absolute Gasteiger partial charge is 0.368 e. The van der Waals surface area contributed by atoms with Gasteiger partial charge in [-0.2, -0.15) is 5.10 Å². The van der Waals surface area contributed by atoms with Crippen molar-refractivity contribution in [3.8, 4) is 11.3 Å². The summed E-state index contributed by atoms with van der Waals surface area (Å²) in [6, 6.07) is 15.7. The molecule has 0 saturated carbocycles. The van der Waals surface area contributed by atoms with Crippen LogP contribution >= 0.6 is 27.5 Å². The zero-order valence-electron chi connectivity index (χ0n) is 16.6. The first-order chi connectivity index (χ1) is 15.1. The van der Waals surface area contributed by atoms with Crippen LogP contribution in [0.5, 0.6) is 0 Å². The van der Waals surface area contributed by atoms with E-state index in [4.69, 9.17) is 11.6 Å². The molecule has 1 aliphatic rings. The lowest BCUT2D eigenvalue weighted by molar-refractivity contribution is 0.112. The van der Waals surface area contributed by atoms with Gasteiger partial charge in [0, 0.05) is 59.3 Å². The molecule has 0 aliphatic carbocycles. The average Bonchev–Trinajstić information content (AvgIpc) is 3.18. The maximum atomic E-state index is 12.1. The molecular weight excluding hydrogens is 478 g/mol. The summed E-state index contributed by atoms with van der Waals surface area (Å²) in [6.07, 6.45) is 4.40. The van der Waals surface area contributed by atoms with Gasteiger partial charge in [0.05, 0.1) is 5.56 Å². The van der Waals surface area contributed by atoms with Gasteiger partial charge in [-0.05, 0) is 30.3 Å². The maximum Gasteiger partial charge on any atom is 0.155 e. The first-order valence-electron chi connectivity index (χ1n) is 9.98. The molecule has 0 amide bonds. The molecule has 31 heavy (non-hydrogen) atoms. The summed E-state index contributed by atoms with van der Waals surface area (Å²) in [7, 11) is 0. The molecule has 3 heterocycles. The Balaban J connectivity index is 1.48.